The maximum atomic E-state index is 10.9. The number of hydrogen-bond donors (Lipinski definition) is 0. The third-order valence-electron chi connectivity index (χ3n) is 1.91. The standard InChI is InChI=1S/C10H13NO/c1-7-5-11-6-8(2)10(7)4-9(3)12/h5-6H,4H2,1-3H3. The van der Waals surface area contributed by atoms with Gasteiger partial charge in [-0.15, -0.1) is 0 Å². The zero-order valence-electron chi connectivity index (χ0n) is 7.72. The number of pyridine rings is 1. The maximum absolute atomic E-state index is 10.9. The van der Waals surface area contributed by atoms with E-state index in [1.165, 1.54) is 0 Å². The second kappa shape index (κ2) is 3.48. The molecule has 0 radical (unpaired) electrons. The number of Topliss-reactive ketones (excluding diaryl/α,β-unsaturated/α-hetero) is 1. The van der Waals surface area contributed by atoms with Gasteiger partial charge in [-0.3, -0.25) is 9.78 Å². The Morgan fingerprint density at radius 1 is 1.33 bits per heavy atom. The fraction of sp³-hybridized carbons (Fsp3) is 0.400. The second-order valence-corrected chi connectivity index (χ2v) is 3.13. The zero-order chi connectivity index (χ0) is 9.14. The van der Waals surface area contributed by atoms with Gasteiger partial charge in [-0.25, -0.2) is 0 Å². The zero-order valence-corrected chi connectivity index (χ0v) is 7.72. The van der Waals surface area contributed by atoms with E-state index in [1.54, 1.807) is 19.3 Å². The lowest BCUT2D eigenvalue weighted by Gasteiger charge is -2.05. The molecular weight excluding hydrogens is 150 g/mol. The molecule has 0 spiro atoms. The monoisotopic (exact) mass is 163 g/mol. The first-order chi connectivity index (χ1) is 5.61. The van der Waals surface area contributed by atoms with Crippen LogP contribution in [0.15, 0.2) is 12.4 Å². The molecule has 12 heavy (non-hydrogen) atoms. The van der Waals surface area contributed by atoms with Crippen molar-refractivity contribution in [1.29, 1.82) is 0 Å². The van der Waals surface area contributed by atoms with Gasteiger partial charge < -0.3 is 0 Å². The molecular formula is C10H13NO. The van der Waals surface area contributed by atoms with Crippen molar-refractivity contribution in [3.63, 3.8) is 0 Å². The van der Waals surface area contributed by atoms with Crippen molar-refractivity contribution in [2.75, 3.05) is 0 Å². The van der Waals surface area contributed by atoms with Crippen LogP contribution in [-0.2, 0) is 11.2 Å². The summed E-state index contributed by atoms with van der Waals surface area (Å²) in [6.45, 7) is 5.58. The summed E-state index contributed by atoms with van der Waals surface area (Å²) in [5.74, 6) is 0.201. The fourth-order valence-corrected chi connectivity index (χ4v) is 1.26. The topological polar surface area (TPSA) is 30.0 Å². The molecule has 2 heteroatoms. The third-order valence-corrected chi connectivity index (χ3v) is 1.91. The van der Waals surface area contributed by atoms with Gasteiger partial charge in [0.25, 0.3) is 0 Å². The van der Waals surface area contributed by atoms with Crippen LogP contribution in [0.25, 0.3) is 0 Å². The van der Waals surface area contributed by atoms with Gasteiger partial charge in [-0.2, -0.15) is 0 Å². The van der Waals surface area contributed by atoms with Crippen LogP contribution in [0.4, 0.5) is 0 Å². The average Bonchev–Trinajstić information content (AvgIpc) is 1.97. The van der Waals surface area contributed by atoms with Gasteiger partial charge in [0.15, 0.2) is 0 Å². The Balaban J connectivity index is 3.04. The van der Waals surface area contributed by atoms with Crippen LogP contribution in [0.5, 0.6) is 0 Å². The number of ketones is 1. The summed E-state index contributed by atoms with van der Waals surface area (Å²) < 4.78 is 0. The molecule has 64 valence electrons. The average molecular weight is 163 g/mol. The van der Waals surface area contributed by atoms with Crippen LogP contribution in [-0.4, -0.2) is 10.8 Å². The van der Waals surface area contributed by atoms with Crippen molar-refractivity contribution in [2.24, 2.45) is 0 Å². The van der Waals surface area contributed by atoms with Crippen LogP contribution in [0.1, 0.15) is 23.6 Å². The Kier molecular flexibility index (Phi) is 2.58. The molecule has 2 nitrogen and oxygen atoms in total. The van der Waals surface area contributed by atoms with E-state index in [2.05, 4.69) is 4.98 Å². The van der Waals surface area contributed by atoms with Crippen LogP contribution in [0.2, 0.25) is 0 Å². The number of hydrogen-bond acceptors (Lipinski definition) is 2. The minimum Gasteiger partial charge on any atom is -0.300 e. The molecule has 1 aromatic heterocycles. The second-order valence-electron chi connectivity index (χ2n) is 3.13. The minimum atomic E-state index is 0.201. The lowest BCUT2D eigenvalue weighted by molar-refractivity contribution is -0.116. The molecule has 0 aliphatic carbocycles. The maximum Gasteiger partial charge on any atom is 0.134 e. The molecule has 0 bridgehead atoms. The molecule has 0 saturated heterocycles. The lowest BCUT2D eigenvalue weighted by atomic mass is 10.0. The van der Waals surface area contributed by atoms with Crippen molar-refractivity contribution in [3.05, 3.63) is 29.1 Å². The van der Waals surface area contributed by atoms with Crippen molar-refractivity contribution in [1.82, 2.24) is 4.98 Å². The van der Waals surface area contributed by atoms with Gasteiger partial charge in [-0.05, 0) is 37.5 Å². The number of aryl methyl sites for hydroxylation is 2. The summed E-state index contributed by atoms with van der Waals surface area (Å²) in [6.07, 6.45) is 4.12. The number of aromatic nitrogens is 1. The first-order valence-electron chi connectivity index (χ1n) is 4.00. The number of carbonyl (C=O) groups is 1. The van der Waals surface area contributed by atoms with E-state index in [1.807, 2.05) is 13.8 Å². The Labute approximate surface area is 72.6 Å². The van der Waals surface area contributed by atoms with E-state index in [4.69, 9.17) is 0 Å². The van der Waals surface area contributed by atoms with Crippen LogP contribution in [0.3, 0.4) is 0 Å². The van der Waals surface area contributed by atoms with E-state index >= 15 is 0 Å². The molecule has 1 aromatic rings. The highest BCUT2D eigenvalue weighted by molar-refractivity contribution is 5.78. The highest BCUT2D eigenvalue weighted by Gasteiger charge is 2.04. The van der Waals surface area contributed by atoms with E-state index in [9.17, 15) is 4.79 Å². The van der Waals surface area contributed by atoms with E-state index in [0.717, 1.165) is 16.7 Å². The molecule has 0 aliphatic heterocycles. The van der Waals surface area contributed by atoms with Crippen molar-refractivity contribution < 1.29 is 4.79 Å². The summed E-state index contributed by atoms with van der Waals surface area (Å²) in [4.78, 5) is 14.9. The number of carbonyl (C=O) groups excluding carboxylic acids is 1. The summed E-state index contributed by atoms with van der Waals surface area (Å²) >= 11 is 0. The summed E-state index contributed by atoms with van der Waals surface area (Å²) in [5.41, 5.74) is 3.33. The molecule has 0 aliphatic rings. The highest BCUT2D eigenvalue weighted by atomic mass is 16.1. The van der Waals surface area contributed by atoms with Gasteiger partial charge >= 0.3 is 0 Å². The summed E-state index contributed by atoms with van der Waals surface area (Å²) in [7, 11) is 0. The molecule has 1 heterocycles. The van der Waals surface area contributed by atoms with Crippen LogP contribution >= 0.6 is 0 Å². The van der Waals surface area contributed by atoms with Crippen LogP contribution < -0.4 is 0 Å². The number of rotatable bonds is 2. The quantitative estimate of drug-likeness (QED) is 0.665. The molecule has 0 N–H and O–H groups in total. The summed E-state index contributed by atoms with van der Waals surface area (Å²) in [5, 5.41) is 0. The SMILES string of the molecule is CC(=O)Cc1c(C)cncc1C. The van der Waals surface area contributed by atoms with Crippen molar-refractivity contribution >= 4 is 5.78 Å². The van der Waals surface area contributed by atoms with Crippen molar-refractivity contribution in [2.45, 2.75) is 27.2 Å². The first-order valence-corrected chi connectivity index (χ1v) is 4.00. The minimum absolute atomic E-state index is 0.201. The Morgan fingerprint density at radius 3 is 2.25 bits per heavy atom. The van der Waals surface area contributed by atoms with Gasteiger partial charge in [0.05, 0.1) is 0 Å². The van der Waals surface area contributed by atoms with Gasteiger partial charge in [-0.1, -0.05) is 0 Å². The smallest absolute Gasteiger partial charge is 0.134 e. The normalized spacial score (nSPS) is 9.92. The van der Waals surface area contributed by atoms with Gasteiger partial charge in [0.2, 0.25) is 0 Å². The molecule has 0 atom stereocenters. The van der Waals surface area contributed by atoms with Crippen LogP contribution in [0, 0.1) is 13.8 Å². The Bertz CT molecular complexity index is 284. The third kappa shape index (κ3) is 1.91. The first kappa shape index (κ1) is 8.91. The molecule has 1 rings (SSSR count). The van der Waals surface area contributed by atoms with E-state index < -0.39 is 0 Å². The highest BCUT2D eigenvalue weighted by Crippen LogP contribution is 2.11. The predicted octanol–water partition coefficient (Wildman–Crippen LogP) is 1.83. The van der Waals surface area contributed by atoms with Crippen molar-refractivity contribution in [3.8, 4) is 0 Å². The largest absolute Gasteiger partial charge is 0.300 e. The number of nitrogens with zero attached hydrogens (tertiary/aromatic N) is 1. The Morgan fingerprint density at radius 2 is 1.83 bits per heavy atom. The van der Waals surface area contributed by atoms with Gasteiger partial charge in [0, 0.05) is 18.8 Å². The summed E-state index contributed by atoms with van der Waals surface area (Å²) in [6, 6.07) is 0. The fourth-order valence-electron chi connectivity index (χ4n) is 1.26. The van der Waals surface area contributed by atoms with E-state index in [-0.39, 0.29) is 5.78 Å². The Hall–Kier alpha value is -1.18. The molecule has 0 saturated carbocycles. The predicted molar refractivity (Wildman–Crippen MR) is 48.1 cm³/mol. The van der Waals surface area contributed by atoms with Gasteiger partial charge in [0.1, 0.15) is 5.78 Å². The molecule has 0 aromatic carbocycles. The van der Waals surface area contributed by atoms with E-state index in [0.29, 0.717) is 6.42 Å². The molecule has 0 unspecified atom stereocenters. The molecule has 0 amide bonds. The lowest BCUT2D eigenvalue weighted by Crippen LogP contribution is -2.01. The molecule has 0 fully saturated rings.